The zero-order chi connectivity index (χ0) is 18.0. The van der Waals surface area contributed by atoms with Crippen molar-refractivity contribution in [2.75, 3.05) is 19.6 Å². The largest absolute Gasteiger partial charge is 0.480 e. The van der Waals surface area contributed by atoms with Crippen LogP contribution in [0.15, 0.2) is 24.3 Å². The average Bonchev–Trinajstić information content (AvgIpc) is 3.04. The van der Waals surface area contributed by atoms with E-state index in [1.54, 1.807) is 0 Å². The molecule has 2 saturated heterocycles. The Morgan fingerprint density at radius 3 is 2.40 bits per heavy atom. The Balaban J connectivity index is 1.64. The summed E-state index contributed by atoms with van der Waals surface area (Å²) >= 11 is 0. The van der Waals surface area contributed by atoms with Gasteiger partial charge in [-0.1, -0.05) is 12.1 Å². The van der Waals surface area contributed by atoms with Crippen LogP contribution in [0.3, 0.4) is 0 Å². The molecular formula is C19H26N2O4. The zero-order valence-electron chi connectivity index (χ0n) is 14.9. The van der Waals surface area contributed by atoms with E-state index in [1.165, 1.54) is 4.90 Å². The number of likely N-dealkylation sites (tertiary alicyclic amines) is 1. The fourth-order valence-corrected chi connectivity index (χ4v) is 3.86. The van der Waals surface area contributed by atoms with E-state index in [0.717, 1.165) is 31.6 Å². The first-order valence-electron chi connectivity index (χ1n) is 8.94. The Kier molecular flexibility index (Phi) is 5.39. The van der Waals surface area contributed by atoms with Crippen LogP contribution in [-0.4, -0.2) is 64.7 Å². The van der Waals surface area contributed by atoms with Crippen molar-refractivity contribution in [1.29, 1.82) is 0 Å². The lowest BCUT2D eigenvalue weighted by molar-refractivity contribution is -0.141. The molecule has 1 aromatic rings. The Hall–Kier alpha value is -1.92. The Labute approximate surface area is 148 Å². The fraction of sp³-hybridized carbons (Fsp3) is 0.579. The van der Waals surface area contributed by atoms with Crippen molar-refractivity contribution in [3.8, 4) is 0 Å². The number of carbonyl (C=O) groups excluding carboxylic acids is 1. The molecule has 0 aliphatic carbocycles. The number of rotatable bonds is 4. The lowest BCUT2D eigenvalue weighted by Crippen LogP contribution is -2.44. The molecule has 1 aromatic carbocycles. The second kappa shape index (κ2) is 7.54. The fourth-order valence-electron chi connectivity index (χ4n) is 3.86. The van der Waals surface area contributed by atoms with Gasteiger partial charge in [0, 0.05) is 31.7 Å². The van der Waals surface area contributed by atoms with E-state index in [2.05, 4.69) is 18.7 Å². The molecule has 0 saturated carbocycles. The van der Waals surface area contributed by atoms with Crippen molar-refractivity contribution in [2.45, 2.75) is 51.5 Å². The molecule has 2 fully saturated rings. The van der Waals surface area contributed by atoms with Gasteiger partial charge in [0.1, 0.15) is 6.04 Å². The van der Waals surface area contributed by atoms with Crippen LogP contribution in [0.5, 0.6) is 0 Å². The quantitative estimate of drug-likeness (QED) is 0.903. The molecule has 2 aliphatic heterocycles. The van der Waals surface area contributed by atoms with Crippen LogP contribution in [0.25, 0.3) is 0 Å². The summed E-state index contributed by atoms with van der Waals surface area (Å²) in [4.78, 5) is 27.7. The van der Waals surface area contributed by atoms with E-state index in [-0.39, 0.29) is 18.1 Å². The molecule has 1 amide bonds. The van der Waals surface area contributed by atoms with Gasteiger partial charge in [0.2, 0.25) is 0 Å². The standard InChI is InChI=1S/C19H26N2O4/c1-13-10-20(11-14(2)25-13)12-15-5-7-16(8-6-15)18(22)21-9-3-4-17(21)19(23)24/h5-8,13-14,17H,3-4,9-12H2,1-2H3,(H,23,24)/t13?,14?,17-/m1/s1. The predicted molar refractivity (Wildman–Crippen MR) is 93.4 cm³/mol. The Bertz CT molecular complexity index is 621. The molecule has 0 bridgehead atoms. The first-order chi connectivity index (χ1) is 11.9. The van der Waals surface area contributed by atoms with E-state index >= 15 is 0 Å². The SMILES string of the molecule is CC1CN(Cc2ccc(C(=O)N3CCC[C@@H]3C(=O)O)cc2)CC(C)O1. The van der Waals surface area contributed by atoms with E-state index in [4.69, 9.17) is 4.74 Å². The van der Waals surface area contributed by atoms with Gasteiger partial charge in [-0.2, -0.15) is 0 Å². The zero-order valence-corrected chi connectivity index (χ0v) is 14.9. The van der Waals surface area contributed by atoms with Crippen molar-refractivity contribution in [1.82, 2.24) is 9.80 Å². The number of morpholine rings is 1. The van der Waals surface area contributed by atoms with Crippen molar-refractivity contribution in [3.63, 3.8) is 0 Å². The minimum absolute atomic E-state index is 0.190. The third kappa shape index (κ3) is 4.19. The number of carboxylic acids is 1. The molecule has 2 unspecified atom stereocenters. The molecule has 136 valence electrons. The maximum Gasteiger partial charge on any atom is 0.326 e. The highest BCUT2D eigenvalue weighted by molar-refractivity contribution is 5.97. The third-order valence-corrected chi connectivity index (χ3v) is 4.90. The second-order valence-electron chi connectivity index (χ2n) is 7.14. The smallest absolute Gasteiger partial charge is 0.326 e. The number of carbonyl (C=O) groups is 2. The van der Waals surface area contributed by atoms with Gasteiger partial charge >= 0.3 is 5.97 Å². The molecule has 0 radical (unpaired) electrons. The first kappa shape index (κ1) is 17.9. The molecule has 6 nitrogen and oxygen atoms in total. The van der Waals surface area contributed by atoms with E-state index in [1.807, 2.05) is 24.3 Å². The van der Waals surface area contributed by atoms with Crippen LogP contribution in [0, 0.1) is 0 Å². The number of aliphatic carboxylic acids is 1. The van der Waals surface area contributed by atoms with Crippen LogP contribution in [-0.2, 0) is 16.1 Å². The molecule has 25 heavy (non-hydrogen) atoms. The van der Waals surface area contributed by atoms with Crippen LogP contribution >= 0.6 is 0 Å². The van der Waals surface area contributed by atoms with E-state index in [9.17, 15) is 14.7 Å². The van der Waals surface area contributed by atoms with Gasteiger partial charge in [-0.05, 0) is 44.4 Å². The number of hydrogen-bond donors (Lipinski definition) is 1. The number of hydrogen-bond acceptors (Lipinski definition) is 4. The molecule has 3 atom stereocenters. The van der Waals surface area contributed by atoms with E-state index in [0.29, 0.717) is 18.5 Å². The molecule has 3 rings (SSSR count). The van der Waals surface area contributed by atoms with Gasteiger partial charge < -0.3 is 14.7 Å². The molecule has 0 spiro atoms. The van der Waals surface area contributed by atoms with Crippen LogP contribution < -0.4 is 0 Å². The highest BCUT2D eigenvalue weighted by Gasteiger charge is 2.34. The molecule has 2 aliphatic rings. The predicted octanol–water partition coefficient (Wildman–Crippen LogP) is 1.99. The van der Waals surface area contributed by atoms with Gasteiger partial charge in [0.05, 0.1) is 12.2 Å². The Morgan fingerprint density at radius 1 is 1.16 bits per heavy atom. The van der Waals surface area contributed by atoms with Crippen molar-refractivity contribution >= 4 is 11.9 Å². The summed E-state index contributed by atoms with van der Waals surface area (Å²) in [6, 6.07) is 6.85. The first-order valence-corrected chi connectivity index (χ1v) is 8.94. The van der Waals surface area contributed by atoms with Gasteiger partial charge in [-0.15, -0.1) is 0 Å². The molecule has 1 N–H and O–H groups in total. The van der Waals surface area contributed by atoms with Crippen molar-refractivity contribution in [2.24, 2.45) is 0 Å². The molecule has 6 heteroatoms. The lowest BCUT2D eigenvalue weighted by Gasteiger charge is -2.35. The molecular weight excluding hydrogens is 320 g/mol. The number of amides is 1. The van der Waals surface area contributed by atoms with Crippen molar-refractivity contribution in [3.05, 3.63) is 35.4 Å². The summed E-state index contributed by atoms with van der Waals surface area (Å²) < 4.78 is 5.75. The van der Waals surface area contributed by atoms with Crippen LogP contribution in [0.4, 0.5) is 0 Å². The van der Waals surface area contributed by atoms with E-state index < -0.39 is 12.0 Å². The van der Waals surface area contributed by atoms with Crippen LogP contribution in [0.2, 0.25) is 0 Å². The van der Waals surface area contributed by atoms with Crippen LogP contribution in [0.1, 0.15) is 42.6 Å². The van der Waals surface area contributed by atoms with Gasteiger partial charge in [-0.25, -0.2) is 4.79 Å². The Morgan fingerprint density at radius 2 is 1.80 bits per heavy atom. The summed E-state index contributed by atoms with van der Waals surface area (Å²) in [5.41, 5.74) is 1.70. The summed E-state index contributed by atoms with van der Waals surface area (Å²) in [7, 11) is 0. The monoisotopic (exact) mass is 346 g/mol. The molecule has 2 heterocycles. The van der Waals surface area contributed by atoms with Gasteiger partial charge in [-0.3, -0.25) is 9.69 Å². The number of benzene rings is 1. The third-order valence-electron chi connectivity index (χ3n) is 4.90. The maximum absolute atomic E-state index is 12.6. The molecule has 0 aromatic heterocycles. The van der Waals surface area contributed by atoms with Gasteiger partial charge in [0.25, 0.3) is 5.91 Å². The summed E-state index contributed by atoms with van der Waals surface area (Å²) in [6.45, 7) is 7.31. The second-order valence-corrected chi connectivity index (χ2v) is 7.14. The minimum Gasteiger partial charge on any atom is -0.480 e. The highest BCUT2D eigenvalue weighted by atomic mass is 16.5. The highest BCUT2D eigenvalue weighted by Crippen LogP contribution is 2.21. The summed E-state index contributed by atoms with van der Waals surface area (Å²) in [6.07, 6.45) is 1.74. The van der Waals surface area contributed by atoms with Crippen molar-refractivity contribution < 1.29 is 19.4 Å². The topological polar surface area (TPSA) is 70.1 Å². The normalized spacial score (nSPS) is 27.4. The minimum atomic E-state index is -0.918. The van der Waals surface area contributed by atoms with Gasteiger partial charge in [0.15, 0.2) is 0 Å². The lowest BCUT2D eigenvalue weighted by atomic mass is 10.1. The maximum atomic E-state index is 12.6. The summed E-state index contributed by atoms with van der Waals surface area (Å²) in [5, 5.41) is 9.24. The number of ether oxygens (including phenoxy) is 1. The number of nitrogens with zero attached hydrogens (tertiary/aromatic N) is 2. The number of carboxylic acid groups (broad SMARTS) is 1. The summed E-state index contributed by atoms with van der Waals surface area (Å²) in [5.74, 6) is -1.11. The average molecular weight is 346 g/mol.